The van der Waals surface area contributed by atoms with Crippen LogP contribution in [0, 0.1) is 11.8 Å². The third-order valence-corrected chi connectivity index (χ3v) is 3.47. The van der Waals surface area contributed by atoms with Gasteiger partial charge in [-0.3, -0.25) is 4.79 Å². The molecule has 0 spiro atoms. The van der Waals surface area contributed by atoms with Crippen LogP contribution in [0.3, 0.4) is 0 Å². The fourth-order valence-corrected chi connectivity index (χ4v) is 2.30. The molecule has 118 valence electrons. The molecule has 0 fully saturated rings. The van der Waals surface area contributed by atoms with Crippen molar-refractivity contribution in [2.75, 3.05) is 20.3 Å². The van der Waals surface area contributed by atoms with E-state index in [9.17, 15) is 4.79 Å². The Hall–Kier alpha value is -1.75. The lowest BCUT2D eigenvalue weighted by Crippen LogP contribution is -2.21. The molecular formula is C16H25NO4. The zero-order valence-electron chi connectivity index (χ0n) is 12.7. The molecule has 1 rings (SSSR count). The standard InChI is InChI=1S/C16H25NO4/c1-12(9-13(11-17)10-16(18)19)7-8-21-15-6-4-3-5-14(15)20-2/h3-6,12-13H,7-11,17H2,1-2H3,(H,18,19). The van der Waals surface area contributed by atoms with Crippen LogP contribution in [0.15, 0.2) is 24.3 Å². The first-order valence-electron chi connectivity index (χ1n) is 7.24. The number of hydrogen-bond acceptors (Lipinski definition) is 4. The molecule has 1 aromatic carbocycles. The third kappa shape index (κ3) is 6.49. The number of carbonyl (C=O) groups is 1. The van der Waals surface area contributed by atoms with Crippen LogP contribution in [0.1, 0.15) is 26.2 Å². The highest BCUT2D eigenvalue weighted by molar-refractivity contribution is 5.67. The van der Waals surface area contributed by atoms with E-state index in [1.54, 1.807) is 7.11 Å². The lowest BCUT2D eigenvalue weighted by Gasteiger charge is -2.18. The predicted molar refractivity (Wildman–Crippen MR) is 81.7 cm³/mol. The lowest BCUT2D eigenvalue weighted by molar-refractivity contribution is -0.138. The minimum Gasteiger partial charge on any atom is -0.493 e. The van der Waals surface area contributed by atoms with Crippen molar-refractivity contribution in [2.45, 2.75) is 26.2 Å². The van der Waals surface area contributed by atoms with Crippen LogP contribution in [-0.4, -0.2) is 31.3 Å². The summed E-state index contributed by atoms with van der Waals surface area (Å²) in [5, 5.41) is 8.82. The van der Waals surface area contributed by atoms with Crippen molar-refractivity contribution in [2.24, 2.45) is 17.6 Å². The molecule has 0 aliphatic rings. The van der Waals surface area contributed by atoms with Crippen molar-refractivity contribution in [1.82, 2.24) is 0 Å². The van der Waals surface area contributed by atoms with Crippen LogP contribution >= 0.6 is 0 Å². The first-order chi connectivity index (χ1) is 10.1. The molecule has 0 aromatic heterocycles. The van der Waals surface area contributed by atoms with Gasteiger partial charge in [-0.2, -0.15) is 0 Å². The molecule has 0 heterocycles. The summed E-state index contributed by atoms with van der Waals surface area (Å²) in [4.78, 5) is 10.7. The molecule has 3 N–H and O–H groups in total. The van der Waals surface area contributed by atoms with Crippen molar-refractivity contribution < 1.29 is 19.4 Å². The largest absolute Gasteiger partial charge is 0.493 e. The number of carboxylic acid groups (broad SMARTS) is 1. The molecule has 0 saturated heterocycles. The van der Waals surface area contributed by atoms with Crippen LogP contribution in [0.4, 0.5) is 0 Å². The maximum atomic E-state index is 10.7. The van der Waals surface area contributed by atoms with E-state index in [0.29, 0.717) is 19.1 Å². The fourth-order valence-electron chi connectivity index (χ4n) is 2.30. The first kappa shape index (κ1) is 17.3. The van der Waals surface area contributed by atoms with Gasteiger partial charge in [-0.05, 0) is 43.4 Å². The Morgan fingerprint density at radius 3 is 2.57 bits per heavy atom. The van der Waals surface area contributed by atoms with E-state index in [2.05, 4.69) is 6.92 Å². The molecule has 21 heavy (non-hydrogen) atoms. The van der Waals surface area contributed by atoms with E-state index in [1.807, 2.05) is 24.3 Å². The summed E-state index contributed by atoms with van der Waals surface area (Å²) in [7, 11) is 1.61. The summed E-state index contributed by atoms with van der Waals surface area (Å²) in [5.74, 6) is 1.06. The number of methoxy groups -OCH3 is 1. The molecule has 0 bridgehead atoms. The molecule has 2 atom stereocenters. The van der Waals surface area contributed by atoms with Gasteiger partial charge in [-0.1, -0.05) is 19.1 Å². The van der Waals surface area contributed by atoms with Gasteiger partial charge in [0, 0.05) is 6.42 Å². The average Bonchev–Trinajstić information content (AvgIpc) is 2.46. The van der Waals surface area contributed by atoms with Crippen molar-refractivity contribution in [3.63, 3.8) is 0 Å². The van der Waals surface area contributed by atoms with Crippen LogP contribution in [0.25, 0.3) is 0 Å². The first-order valence-corrected chi connectivity index (χ1v) is 7.24. The van der Waals surface area contributed by atoms with Gasteiger partial charge >= 0.3 is 5.97 Å². The second-order valence-corrected chi connectivity index (χ2v) is 5.33. The summed E-state index contributed by atoms with van der Waals surface area (Å²) in [6.45, 7) is 3.08. The molecule has 5 nitrogen and oxygen atoms in total. The number of benzene rings is 1. The highest BCUT2D eigenvalue weighted by Crippen LogP contribution is 2.26. The molecule has 2 unspecified atom stereocenters. The molecule has 0 aliphatic heterocycles. The van der Waals surface area contributed by atoms with Crippen molar-refractivity contribution in [3.8, 4) is 11.5 Å². The van der Waals surface area contributed by atoms with Crippen molar-refractivity contribution in [1.29, 1.82) is 0 Å². The van der Waals surface area contributed by atoms with Gasteiger partial charge in [0.15, 0.2) is 11.5 Å². The summed E-state index contributed by atoms with van der Waals surface area (Å²) >= 11 is 0. The third-order valence-electron chi connectivity index (χ3n) is 3.47. The van der Waals surface area contributed by atoms with E-state index in [1.165, 1.54) is 0 Å². The van der Waals surface area contributed by atoms with Gasteiger partial charge in [-0.15, -0.1) is 0 Å². The Labute approximate surface area is 126 Å². The second-order valence-electron chi connectivity index (χ2n) is 5.33. The highest BCUT2D eigenvalue weighted by Gasteiger charge is 2.15. The number of carboxylic acids is 1. The molecular weight excluding hydrogens is 270 g/mol. The maximum absolute atomic E-state index is 10.7. The van der Waals surface area contributed by atoms with Gasteiger partial charge in [0.1, 0.15) is 0 Å². The van der Waals surface area contributed by atoms with Crippen LogP contribution in [-0.2, 0) is 4.79 Å². The van der Waals surface area contributed by atoms with E-state index in [0.717, 1.165) is 24.3 Å². The minimum absolute atomic E-state index is 0.0313. The van der Waals surface area contributed by atoms with Gasteiger partial charge in [0.2, 0.25) is 0 Å². The Balaban J connectivity index is 2.35. The topological polar surface area (TPSA) is 81.8 Å². The van der Waals surface area contributed by atoms with Gasteiger partial charge in [0.25, 0.3) is 0 Å². The van der Waals surface area contributed by atoms with Gasteiger partial charge in [-0.25, -0.2) is 0 Å². The fraction of sp³-hybridized carbons (Fsp3) is 0.562. The second kappa shape index (κ2) is 9.23. The normalized spacial score (nSPS) is 13.5. The van der Waals surface area contributed by atoms with Crippen molar-refractivity contribution >= 4 is 5.97 Å². The van der Waals surface area contributed by atoms with Crippen molar-refractivity contribution in [3.05, 3.63) is 24.3 Å². The smallest absolute Gasteiger partial charge is 0.303 e. The van der Waals surface area contributed by atoms with E-state index in [4.69, 9.17) is 20.3 Å². The number of para-hydroxylation sites is 2. The molecule has 0 amide bonds. The van der Waals surface area contributed by atoms with Crippen LogP contribution in [0.2, 0.25) is 0 Å². The summed E-state index contributed by atoms with van der Waals surface area (Å²) in [6, 6.07) is 7.53. The summed E-state index contributed by atoms with van der Waals surface area (Å²) in [6.07, 6.45) is 1.79. The molecule has 0 aliphatic carbocycles. The van der Waals surface area contributed by atoms with Gasteiger partial charge in [0.05, 0.1) is 13.7 Å². The van der Waals surface area contributed by atoms with Crippen LogP contribution in [0.5, 0.6) is 11.5 Å². The Morgan fingerprint density at radius 1 is 1.33 bits per heavy atom. The van der Waals surface area contributed by atoms with E-state index < -0.39 is 5.97 Å². The quantitative estimate of drug-likeness (QED) is 0.693. The number of ether oxygens (including phenoxy) is 2. The number of aliphatic carboxylic acids is 1. The monoisotopic (exact) mass is 295 g/mol. The predicted octanol–water partition coefficient (Wildman–Crippen LogP) is 2.54. The number of hydrogen-bond donors (Lipinski definition) is 2. The highest BCUT2D eigenvalue weighted by atomic mass is 16.5. The molecule has 5 heteroatoms. The average molecular weight is 295 g/mol. The lowest BCUT2D eigenvalue weighted by atomic mass is 9.91. The summed E-state index contributed by atoms with van der Waals surface area (Å²) < 4.78 is 10.9. The Bertz CT molecular complexity index is 436. The number of nitrogens with two attached hydrogens (primary N) is 1. The zero-order valence-corrected chi connectivity index (χ0v) is 12.7. The Kier molecular flexibility index (Phi) is 7.61. The van der Waals surface area contributed by atoms with Crippen LogP contribution < -0.4 is 15.2 Å². The molecule has 0 saturated carbocycles. The SMILES string of the molecule is COc1ccccc1OCCC(C)CC(CN)CC(=O)O. The number of rotatable bonds is 10. The zero-order chi connectivity index (χ0) is 15.7. The minimum atomic E-state index is -0.789. The van der Waals surface area contributed by atoms with E-state index in [-0.39, 0.29) is 12.3 Å². The molecule has 1 aromatic rings. The molecule has 0 radical (unpaired) electrons. The van der Waals surface area contributed by atoms with Gasteiger partial charge < -0.3 is 20.3 Å². The Morgan fingerprint density at radius 2 is 2.00 bits per heavy atom. The maximum Gasteiger partial charge on any atom is 0.303 e. The van der Waals surface area contributed by atoms with E-state index >= 15 is 0 Å². The summed E-state index contributed by atoms with van der Waals surface area (Å²) in [5.41, 5.74) is 5.62.